The van der Waals surface area contributed by atoms with Crippen LogP contribution in [0.4, 0.5) is 23.2 Å². The summed E-state index contributed by atoms with van der Waals surface area (Å²) in [6.07, 6.45) is 1.29. The summed E-state index contributed by atoms with van der Waals surface area (Å²) < 4.78 is 54.2. The Morgan fingerprint density at radius 2 is 1.80 bits per heavy atom. The molecular formula is C11H6BrF4N3O. The molecule has 0 atom stereocenters. The molecule has 2 rings (SSSR count). The van der Waals surface area contributed by atoms with Gasteiger partial charge < -0.3 is 5.32 Å². The highest BCUT2D eigenvalue weighted by Crippen LogP contribution is 2.25. The number of rotatable bonds is 2. The topological polar surface area (TPSA) is 46.9 Å². The monoisotopic (exact) mass is 351 g/mol. The Hall–Kier alpha value is -1.90. The van der Waals surface area contributed by atoms with Crippen LogP contribution in [0.15, 0.2) is 16.7 Å². The first-order valence-electron chi connectivity index (χ1n) is 5.14. The SMILES string of the molecule is Cn1ncc(Br)c1C(=O)Nc1c(F)c(F)cc(F)c1F. The zero-order chi connectivity index (χ0) is 15.0. The molecule has 1 heterocycles. The summed E-state index contributed by atoms with van der Waals surface area (Å²) in [7, 11) is 1.42. The summed E-state index contributed by atoms with van der Waals surface area (Å²) in [5.41, 5.74) is -1.26. The van der Waals surface area contributed by atoms with E-state index in [9.17, 15) is 22.4 Å². The number of benzene rings is 1. The Kier molecular flexibility index (Phi) is 3.80. The first-order chi connectivity index (χ1) is 9.32. The molecule has 1 aromatic carbocycles. The van der Waals surface area contributed by atoms with Gasteiger partial charge in [-0.1, -0.05) is 0 Å². The Labute approximate surface area is 118 Å². The van der Waals surface area contributed by atoms with Crippen LogP contribution in [0.1, 0.15) is 10.5 Å². The van der Waals surface area contributed by atoms with Crippen molar-refractivity contribution in [2.45, 2.75) is 0 Å². The maximum absolute atomic E-state index is 13.4. The van der Waals surface area contributed by atoms with E-state index < -0.39 is 34.9 Å². The van der Waals surface area contributed by atoms with Gasteiger partial charge in [-0.05, 0) is 15.9 Å². The summed E-state index contributed by atoms with van der Waals surface area (Å²) in [4.78, 5) is 11.9. The van der Waals surface area contributed by atoms with Crippen molar-refractivity contribution < 1.29 is 22.4 Å². The Morgan fingerprint density at radius 1 is 1.25 bits per heavy atom. The van der Waals surface area contributed by atoms with Gasteiger partial charge in [0.2, 0.25) is 0 Å². The van der Waals surface area contributed by atoms with Gasteiger partial charge in [0.15, 0.2) is 23.3 Å². The van der Waals surface area contributed by atoms with Gasteiger partial charge in [0.05, 0.1) is 10.7 Å². The number of halogens is 5. The molecule has 0 radical (unpaired) electrons. The largest absolute Gasteiger partial charge is 0.315 e. The van der Waals surface area contributed by atoms with Crippen molar-refractivity contribution >= 4 is 27.5 Å². The van der Waals surface area contributed by atoms with Gasteiger partial charge in [-0.15, -0.1) is 0 Å². The maximum Gasteiger partial charge on any atom is 0.275 e. The van der Waals surface area contributed by atoms with Gasteiger partial charge in [0.25, 0.3) is 5.91 Å². The molecule has 0 aliphatic rings. The normalized spacial score (nSPS) is 10.7. The zero-order valence-electron chi connectivity index (χ0n) is 9.85. The van der Waals surface area contributed by atoms with Crippen molar-refractivity contribution in [1.82, 2.24) is 9.78 Å². The molecule has 9 heteroatoms. The smallest absolute Gasteiger partial charge is 0.275 e. The van der Waals surface area contributed by atoms with Crippen molar-refractivity contribution in [1.29, 1.82) is 0 Å². The molecule has 1 amide bonds. The van der Waals surface area contributed by atoms with Crippen LogP contribution in [-0.4, -0.2) is 15.7 Å². The van der Waals surface area contributed by atoms with Gasteiger partial charge in [0.1, 0.15) is 11.4 Å². The molecule has 0 fully saturated rings. The highest BCUT2D eigenvalue weighted by atomic mass is 79.9. The second-order valence-corrected chi connectivity index (χ2v) is 4.62. The molecule has 0 aliphatic carbocycles. The molecule has 20 heavy (non-hydrogen) atoms. The summed E-state index contributed by atoms with van der Waals surface area (Å²) in [5, 5.41) is 5.52. The molecule has 1 N–H and O–H groups in total. The Morgan fingerprint density at radius 3 is 2.25 bits per heavy atom. The number of nitrogens with zero attached hydrogens (tertiary/aromatic N) is 2. The van der Waals surface area contributed by atoms with Gasteiger partial charge in [-0.2, -0.15) is 5.10 Å². The predicted molar refractivity (Wildman–Crippen MR) is 65.1 cm³/mol. The summed E-state index contributed by atoms with van der Waals surface area (Å²) in [6, 6.07) is 0.0559. The first kappa shape index (κ1) is 14.5. The van der Waals surface area contributed by atoms with Crippen LogP contribution < -0.4 is 5.32 Å². The van der Waals surface area contributed by atoms with Crippen LogP contribution in [0.3, 0.4) is 0 Å². The van der Waals surface area contributed by atoms with Crippen molar-refractivity contribution in [2.75, 3.05) is 5.32 Å². The lowest BCUT2D eigenvalue weighted by atomic mass is 10.2. The van der Waals surface area contributed by atoms with E-state index in [0.717, 1.165) is 4.68 Å². The van der Waals surface area contributed by atoms with E-state index in [0.29, 0.717) is 0 Å². The van der Waals surface area contributed by atoms with Crippen LogP contribution >= 0.6 is 15.9 Å². The van der Waals surface area contributed by atoms with E-state index in [-0.39, 0.29) is 16.2 Å². The average molecular weight is 352 g/mol. The lowest BCUT2D eigenvalue weighted by Gasteiger charge is -2.09. The molecule has 4 nitrogen and oxygen atoms in total. The molecule has 0 saturated carbocycles. The van der Waals surface area contributed by atoms with Crippen molar-refractivity contribution in [3.8, 4) is 0 Å². The van der Waals surface area contributed by atoms with E-state index in [1.807, 2.05) is 0 Å². The number of aryl methyl sites for hydroxylation is 1. The van der Waals surface area contributed by atoms with Crippen molar-refractivity contribution in [3.05, 3.63) is 45.7 Å². The van der Waals surface area contributed by atoms with Crippen LogP contribution in [0.2, 0.25) is 0 Å². The van der Waals surface area contributed by atoms with Crippen molar-refractivity contribution in [2.24, 2.45) is 7.05 Å². The number of hydrogen-bond donors (Lipinski definition) is 1. The summed E-state index contributed by atoms with van der Waals surface area (Å²) in [6.45, 7) is 0. The van der Waals surface area contributed by atoms with Crippen LogP contribution in [-0.2, 0) is 7.05 Å². The third-order valence-electron chi connectivity index (χ3n) is 2.46. The third-order valence-corrected chi connectivity index (χ3v) is 3.04. The highest BCUT2D eigenvalue weighted by Gasteiger charge is 2.23. The van der Waals surface area contributed by atoms with Gasteiger partial charge in [0, 0.05) is 13.1 Å². The number of carbonyl (C=O) groups excluding carboxylic acids is 1. The minimum Gasteiger partial charge on any atom is -0.315 e. The van der Waals surface area contributed by atoms with Crippen LogP contribution in [0.25, 0.3) is 0 Å². The number of aromatic nitrogens is 2. The standard InChI is InChI=1S/C11H6BrF4N3O/c1-19-10(4(12)3-17-19)11(20)18-9-7(15)5(13)2-6(14)8(9)16/h2-3H,1H3,(H,18,20). The van der Waals surface area contributed by atoms with E-state index in [1.54, 1.807) is 5.32 Å². The number of hydrogen-bond acceptors (Lipinski definition) is 2. The fraction of sp³-hybridized carbons (Fsp3) is 0.0909. The van der Waals surface area contributed by atoms with E-state index >= 15 is 0 Å². The second-order valence-electron chi connectivity index (χ2n) is 3.76. The predicted octanol–water partition coefficient (Wildman–Crippen LogP) is 2.99. The number of carbonyl (C=O) groups is 1. The molecule has 0 spiro atoms. The van der Waals surface area contributed by atoms with Gasteiger partial charge in [-0.3, -0.25) is 9.48 Å². The molecule has 0 bridgehead atoms. The Balaban J connectivity index is 2.43. The van der Waals surface area contributed by atoms with Gasteiger partial charge >= 0.3 is 0 Å². The number of nitrogens with one attached hydrogen (secondary N) is 1. The molecule has 0 aliphatic heterocycles. The molecule has 2 aromatic rings. The third kappa shape index (κ3) is 2.40. The van der Waals surface area contributed by atoms with Crippen molar-refractivity contribution in [3.63, 3.8) is 0 Å². The number of amides is 1. The molecule has 106 valence electrons. The summed E-state index contributed by atoms with van der Waals surface area (Å²) >= 11 is 3.02. The first-order valence-corrected chi connectivity index (χ1v) is 5.94. The second kappa shape index (κ2) is 5.23. The van der Waals surface area contributed by atoms with Gasteiger partial charge in [-0.25, -0.2) is 17.6 Å². The quantitative estimate of drug-likeness (QED) is 0.667. The number of anilines is 1. The fourth-order valence-corrected chi connectivity index (χ4v) is 2.05. The molecule has 0 unspecified atom stereocenters. The minimum absolute atomic E-state index is 0.0559. The minimum atomic E-state index is -1.68. The lowest BCUT2D eigenvalue weighted by Crippen LogP contribution is -2.19. The fourth-order valence-electron chi connectivity index (χ4n) is 1.52. The molecule has 1 aromatic heterocycles. The zero-order valence-corrected chi connectivity index (χ0v) is 11.4. The highest BCUT2D eigenvalue weighted by molar-refractivity contribution is 9.10. The summed E-state index contributed by atoms with van der Waals surface area (Å²) in [5.74, 6) is -7.56. The van der Waals surface area contributed by atoms with E-state index in [4.69, 9.17) is 0 Å². The van der Waals surface area contributed by atoms with E-state index in [1.165, 1.54) is 13.2 Å². The Bertz CT molecular complexity index is 656. The average Bonchev–Trinajstić information content (AvgIpc) is 2.72. The maximum atomic E-state index is 13.4. The van der Waals surface area contributed by atoms with Crippen LogP contribution in [0.5, 0.6) is 0 Å². The molecular weight excluding hydrogens is 346 g/mol. The van der Waals surface area contributed by atoms with Crippen LogP contribution in [0, 0.1) is 23.3 Å². The van der Waals surface area contributed by atoms with E-state index in [2.05, 4.69) is 21.0 Å². The lowest BCUT2D eigenvalue weighted by molar-refractivity contribution is 0.101. The molecule has 0 saturated heterocycles.